The molecular weight excluding hydrogens is 308 g/mol. The molecule has 0 saturated heterocycles. The highest BCUT2D eigenvalue weighted by Gasteiger charge is 2.35. The maximum atomic E-state index is 10.2. The molecule has 1 atom stereocenters. The van der Waals surface area contributed by atoms with E-state index in [0.29, 0.717) is 18.0 Å². The normalized spacial score (nSPS) is 19.2. The summed E-state index contributed by atoms with van der Waals surface area (Å²) < 4.78 is 10.6. The van der Waals surface area contributed by atoms with Gasteiger partial charge in [0.2, 0.25) is 0 Å². The van der Waals surface area contributed by atoms with Crippen molar-refractivity contribution in [3.05, 3.63) is 40.7 Å². The van der Waals surface area contributed by atoms with Gasteiger partial charge in [0, 0.05) is 31.1 Å². The molecule has 1 aromatic heterocycles. The van der Waals surface area contributed by atoms with Crippen LogP contribution in [0.5, 0.6) is 23.0 Å². The van der Waals surface area contributed by atoms with Crippen molar-refractivity contribution in [3.8, 4) is 23.0 Å². The largest absolute Gasteiger partial charge is 0.504 e. The predicted octanol–water partition coefficient (Wildman–Crippen LogP) is 2.17. The van der Waals surface area contributed by atoms with Gasteiger partial charge in [0.15, 0.2) is 23.0 Å². The van der Waals surface area contributed by atoms with Crippen molar-refractivity contribution in [2.24, 2.45) is 0 Å². The monoisotopic (exact) mass is 328 g/mol. The summed E-state index contributed by atoms with van der Waals surface area (Å²) in [6.07, 6.45) is 3.07. The van der Waals surface area contributed by atoms with Crippen molar-refractivity contribution < 1.29 is 19.7 Å². The van der Waals surface area contributed by atoms with Crippen LogP contribution in [-0.2, 0) is 19.4 Å². The molecule has 6 nitrogen and oxygen atoms in total. The van der Waals surface area contributed by atoms with Crippen molar-refractivity contribution in [1.82, 2.24) is 9.88 Å². The molecule has 0 amide bonds. The highest BCUT2D eigenvalue weighted by Crippen LogP contribution is 2.44. The standard InChI is InChI=1S/C18H20N2O4/c1-23-17-5-10-3-4-20-9-12-13(19-8-16(22)18(12)24-2)7-14(20)11(10)6-15(17)21/h5-6,8,14,21-22H,3-4,7,9H2,1-2H3/t14-/m0/s1. The highest BCUT2D eigenvalue weighted by molar-refractivity contribution is 5.52. The molecule has 126 valence electrons. The number of rotatable bonds is 2. The van der Waals surface area contributed by atoms with E-state index in [9.17, 15) is 10.2 Å². The van der Waals surface area contributed by atoms with Gasteiger partial charge < -0.3 is 19.7 Å². The second-order valence-electron chi connectivity index (χ2n) is 6.27. The zero-order valence-electron chi connectivity index (χ0n) is 13.7. The number of pyridine rings is 1. The number of aromatic nitrogens is 1. The number of phenols is 1. The van der Waals surface area contributed by atoms with E-state index >= 15 is 0 Å². The van der Waals surface area contributed by atoms with Crippen LogP contribution >= 0.6 is 0 Å². The Morgan fingerprint density at radius 2 is 2.00 bits per heavy atom. The molecular formula is C18H20N2O4. The van der Waals surface area contributed by atoms with Gasteiger partial charge >= 0.3 is 0 Å². The zero-order valence-corrected chi connectivity index (χ0v) is 13.7. The van der Waals surface area contributed by atoms with Crippen LogP contribution in [0, 0.1) is 0 Å². The summed E-state index contributed by atoms with van der Waals surface area (Å²) in [6.45, 7) is 1.58. The second-order valence-corrected chi connectivity index (χ2v) is 6.27. The fraction of sp³-hybridized carbons (Fsp3) is 0.389. The van der Waals surface area contributed by atoms with Gasteiger partial charge in [-0.3, -0.25) is 9.88 Å². The molecule has 0 bridgehead atoms. The topological polar surface area (TPSA) is 75.0 Å². The molecule has 0 radical (unpaired) electrons. The lowest BCUT2D eigenvalue weighted by molar-refractivity contribution is 0.155. The molecule has 1 aromatic carbocycles. The first-order chi connectivity index (χ1) is 11.6. The maximum Gasteiger partial charge on any atom is 0.176 e. The van der Waals surface area contributed by atoms with Gasteiger partial charge in [-0.05, 0) is 29.7 Å². The van der Waals surface area contributed by atoms with Gasteiger partial charge in [0.25, 0.3) is 0 Å². The first-order valence-corrected chi connectivity index (χ1v) is 8.00. The van der Waals surface area contributed by atoms with Gasteiger partial charge in [-0.1, -0.05) is 0 Å². The van der Waals surface area contributed by atoms with Crippen molar-refractivity contribution in [3.63, 3.8) is 0 Å². The third-order valence-electron chi connectivity index (χ3n) is 5.06. The maximum absolute atomic E-state index is 10.2. The average Bonchev–Trinajstić information content (AvgIpc) is 2.59. The number of hydrogen-bond donors (Lipinski definition) is 2. The second kappa shape index (κ2) is 5.56. The van der Waals surface area contributed by atoms with E-state index in [0.717, 1.165) is 36.2 Å². The van der Waals surface area contributed by atoms with Crippen LogP contribution in [0.1, 0.15) is 28.4 Å². The molecule has 2 aromatic rings. The van der Waals surface area contributed by atoms with Gasteiger partial charge in [-0.15, -0.1) is 0 Å². The Labute approximate surface area is 140 Å². The van der Waals surface area contributed by atoms with Crippen LogP contribution in [0.2, 0.25) is 0 Å². The Balaban J connectivity index is 1.77. The lowest BCUT2D eigenvalue weighted by atomic mass is 9.85. The van der Waals surface area contributed by atoms with E-state index < -0.39 is 0 Å². The lowest BCUT2D eigenvalue weighted by Crippen LogP contribution is -2.39. The Morgan fingerprint density at radius 1 is 1.17 bits per heavy atom. The minimum Gasteiger partial charge on any atom is -0.504 e. The molecule has 0 spiro atoms. The number of ether oxygens (including phenoxy) is 2. The number of methoxy groups -OCH3 is 2. The summed E-state index contributed by atoms with van der Waals surface area (Å²) in [6, 6.07) is 3.91. The van der Waals surface area contributed by atoms with Crippen molar-refractivity contribution >= 4 is 0 Å². The first-order valence-electron chi connectivity index (χ1n) is 8.00. The molecule has 2 aliphatic rings. The number of benzene rings is 1. The molecule has 0 fully saturated rings. The molecule has 3 heterocycles. The van der Waals surface area contributed by atoms with Gasteiger partial charge in [-0.2, -0.15) is 0 Å². The summed E-state index contributed by atoms with van der Waals surface area (Å²) in [5, 5.41) is 20.1. The Kier molecular flexibility index (Phi) is 3.49. The Hall–Kier alpha value is -2.47. The fourth-order valence-corrected chi connectivity index (χ4v) is 3.88. The molecule has 24 heavy (non-hydrogen) atoms. The predicted molar refractivity (Wildman–Crippen MR) is 87.7 cm³/mol. The van der Waals surface area contributed by atoms with E-state index in [1.165, 1.54) is 11.8 Å². The SMILES string of the molecule is COc1cc2c(cc1O)[C@@H]1Cc3ncc(O)c(OC)c3CN1CC2. The van der Waals surface area contributed by atoms with Crippen molar-refractivity contribution in [2.45, 2.75) is 25.4 Å². The number of hydrogen-bond acceptors (Lipinski definition) is 6. The molecule has 6 heteroatoms. The molecule has 0 aliphatic carbocycles. The summed E-state index contributed by atoms with van der Waals surface area (Å²) in [4.78, 5) is 6.75. The summed E-state index contributed by atoms with van der Waals surface area (Å²) in [7, 11) is 3.13. The molecule has 2 N–H and O–H groups in total. The van der Waals surface area contributed by atoms with E-state index in [2.05, 4.69) is 9.88 Å². The van der Waals surface area contributed by atoms with Crippen LogP contribution in [-0.4, -0.2) is 40.9 Å². The fourth-order valence-electron chi connectivity index (χ4n) is 3.88. The van der Waals surface area contributed by atoms with Crippen LogP contribution in [0.3, 0.4) is 0 Å². The molecule has 0 unspecified atom stereocenters. The lowest BCUT2D eigenvalue weighted by Gasteiger charge is -2.41. The summed E-state index contributed by atoms with van der Waals surface area (Å²) in [5.41, 5.74) is 4.23. The number of fused-ring (bicyclic) bond motifs is 4. The summed E-state index contributed by atoms with van der Waals surface area (Å²) in [5.74, 6) is 1.28. The van der Waals surface area contributed by atoms with Crippen LogP contribution in [0.25, 0.3) is 0 Å². The number of aromatic hydroxyl groups is 2. The van der Waals surface area contributed by atoms with E-state index in [4.69, 9.17) is 9.47 Å². The third-order valence-corrected chi connectivity index (χ3v) is 5.06. The zero-order chi connectivity index (χ0) is 16.8. The van der Waals surface area contributed by atoms with Gasteiger partial charge in [0.05, 0.1) is 26.1 Å². The van der Waals surface area contributed by atoms with Crippen LogP contribution < -0.4 is 9.47 Å². The van der Waals surface area contributed by atoms with Crippen molar-refractivity contribution in [2.75, 3.05) is 20.8 Å². The Bertz CT molecular complexity index is 806. The van der Waals surface area contributed by atoms with E-state index in [-0.39, 0.29) is 17.5 Å². The van der Waals surface area contributed by atoms with Crippen LogP contribution in [0.4, 0.5) is 0 Å². The van der Waals surface area contributed by atoms with Gasteiger partial charge in [0.1, 0.15) is 0 Å². The quantitative estimate of drug-likeness (QED) is 0.880. The van der Waals surface area contributed by atoms with E-state index in [1.807, 2.05) is 12.1 Å². The minimum atomic E-state index is 0.0782. The van der Waals surface area contributed by atoms with E-state index in [1.54, 1.807) is 14.2 Å². The minimum absolute atomic E-state index is 0.0782. The van der Waals surface area contributed by atoms with Crippen LogP contribution in [0.15, 0.2) is 18.3 Å². The molecule has 2 aliphatic heterocycles. The molecule has 0 saturated carbocycles. The Morgan fingerprint density at radius 3 is 2.75 bits per heavy atom. The average molecular weight is 328 g/mol. The number of nitrogens with zero attached hydrogens (tertiary/aromatic N) is 2. The first kappa shape index (κ1) is 15.1. The summed E-state index contributed by atoms with van der Waals surface area (Å²) >= 11 is 0. The third kappa shape index (κ3) is 2.17. The van der Waals surface area contributed by atoms with Gasteiger partial charge in [-0.25, -0.2) is 0 Å². The molecule has 4 rings (SSSR count). The van der Waals surface area contributed by atoms with Crippen molar-refractivity contribution in [1.29, 1.82) is 0 Å². The number of phenolic OH excluding ortho intramolecular Hbond substituents is 1. The smallest absolute Gasteiger partial charge is 0.176 e. The highest BCUT2D eigenvalue weighted by atomic mass is 16.5.